The number of aryl methyl sites for hydroxylation is 1. The van der Waals surface area contributed by atoms with Gasteiger partial charge in [-0.2, -0.15) is 10.4 Å². The minimum absolute atomic E-state index is 0.0551. The number of ether oxygens (including phenoxy) is 2. The van der Waals surface area contributed by atoms with E-state index in [0.717, 1.165) is 0 Å². The van der Waals surface area contributed by atoms with Crippen molar-refractivity contribution in [3.05, 3.63) is 103 Å². The second kappa shape index (κ2) is 8.83. The first-order valence-electron chi connectivity index (χ1n) is 11.2. The Morgan fingerprint density at radius 3 is 2.70 bits per heavy atom. The summed E-state index contributed by atoms with van der Waals surface area (Å²) in [5.41, 5.74) is 7.89. The molecule has 11 nitrogen and oxygen atoms in total. The summed E-state index contributed by atoms with van der Waals surface area (Å²) in [7, 11) is 1.51. The number of hydrogen-bond acceptors (Lipinski definition) is 9. The Balaban J connectivity index is 1.70. The lowest BCUT2D eigenvalue weighted by atomic mass is 9.83. The zero-order valence-corrected chi connectivity index (χ0v) is 20.1. The van der Waals surface area contributed by atoms with Crippen LogP contribution in [-0.2, 0) is 6.54 Å². The topological polar surface area (TPSA) is 159 Å². The Bertz CT molecular complexity index is 1730. The molecule has 4 aromatic rings. The molecule has 0 radical (unpaired) electrons. The Labute approximate surface area is 210 Å². The second-order valence-corrected chi connectivity index (χ2v) is 8.56. The number of nitrogens with two attached hydrogens (primary N) is 1. The van der Waals surface area contributed by atoms with E-state index < -0.39 is 16.5 Å². The van der Waals surface area contributed by atoms with Crippen molar-refractivity contribution in [3.63, 3.8) is 0 Å². The van der Waals surface area contributed by atoms with Gasteiger partial charge in [0.05, 0.1) is 35.4 Å². The smallest absolute Gasteiger partial charge is 0.344 e. The number of aromatic nitrogens is 2. The van der Waals surface area contributed by atoms with Gasteiger partial charge in [-0.15, -0.1) is 0 Å². The number of methoxy groups -OCH3 is 1. The number of fused-ring (bicyclic) bond motifs is 3. The first kappa shape index (κ1) is 23.6. The largest absolute Gasteiger partial charge is 0.496 e. The van der Waals surface area contributed by atoms with Crippen molar-refractivity contribution >= 4 is 16.7 Å². The van der Waals surface area contributed by atoms with E-state index in [1.165, 1.54) is 11.8 Å². The van der Waals surface area contributed by atoms with E-state index >= 15 is 0 Å². The van der Waals surface area contributed by atoms with E-state index in [9.17, 15) is 20.2 Å². The fourth-order valence-electron chi connectivity index (χ4n) is 4.77. The molecule has 5 rings (SSSR count). The molecule has 3 heterocycles. The highest BCUT2D eigenvalue weighted by molar-refractivity contribution is 5.86. The molecule has 0 fully saturated rings. The van der Waals surface area contributed by atoms with Gasteiger partial charge in [-0.3, -0.25) is 14.8 Å². The number of nitrogens with zero attached hydrogens (tertiary/aromatic N) is 4. The van der Waals surface area contributed by atoms with E-state index in [4.69, 9.17) is 19.6 Å². The Kier molecular flexibility index (Phi) is 5.64. The van der Waals surface area contributed by atoms with Crippen LogP contribution in [0.2, 0.25) is 0 Å². The standard InChI is InChI=1S/C26H21N5O6/c1-13-23(31(33)34)14(2)30(29-13)12-16-10-15(8-9-19(16)35-3)21-18(11-27)25(28)37-24-17-6-4-5-7-20(17)36-26(32)22(21)24/h4-10,21H,12,28H2,1-3H3/t21-/m1/s1. The molecule has 2 N–H and O–H groups in total. The molecule has 0 saturated heterocycles. The van der Waals surface area contributed by atoms with Crippen molar-refractivity contribution in [2.75, 3.05) is 7.11 Å². The molecule has 0 unspecified atom stereocenters. The predicted octanol–water partition coefficient (Wildman–Crippen LogP) is 3.79. The highest BCUT2D eigenvalue weighted by Crippen LogP contribution is 2.44. The number of hydrogen-bond donors (Lipinski definition) is 1. The summed E-state index contributed by atoms with van der Waals surface area (Å²) in [5, 5.41) is 26.3. The van der Waals surface area contributed by atoms with Crippen molar-refractivity contribution in [2.24, 2.45) is 5.73 Å². The molecule has 2 aromatic heterocycles. The molecule has 1 aliphatic rings. The van der Waals surface area contributed by atoms with Crippen LogP contribution in [0.15, 0.2) is 63.1 Å². The molecule has 186 valence electrons. The van der Waals surface area contributed by atoms with E-state index in [1.54, 1.807) is 56.3 Å². The number of allylic oxidation sites excluding steroid dienone is 1. The molecule has 37 heavy (non-hydrogen) atoms. The van der Waals surface area contributed by atoms with Gasteiger partial charge in [0.2, 0.25) is 5.88 Å². The number of para-hydroxylation sites is 1. The summed E-state index contributed by atoms with van der Waals surface area (Å²) in [6.07, 6.45) is 0. The first-order chi connectivity index (χ1) is 17.7. The third kappa shape index (κ3) is 3.75. The molecular formula is C26H21N5O6. The van der Waals surface area contributed by atoms with Crippen LogP contribution in [0, 0.1) is 35.3 Å². The fourth-order valence-corrected chi connectivity index (χ4v) is 4.77. The molecule has 1 aliphatic heterocycles. The molecule has 2 aromatic carbocycles. The Hall–Kier alpha value is -5.11. The van der Waals surface area contributed by atoms with Crippen molar-refractivity contribution in [3.8, 4) is 17.6 Å². The molecular weight excluding hydrogens is 478 g/mol. The lowest BCUT2D eigenvalue weighted by Crippen LogP contribution is -2.26. The summed E-state index contributed by atoms with van der Waals surface area (Å²) < 4.78 is 18.4. The molecule has 0 aliphatic carbocycles. The minimum atomic E-state index is -0.867. The zero-order chi connectivity index (χ0) is 26.4. The summed E-state index contributed by atoms with van der Waals surface area (Å²) in [4.78, 5) is 24.2. The molecule has 0 spiro atoms. The molecule has 0 saturated carbocycles. The van der Waals surface area contributed by atoms with E-state index in [1.807, 2.05) is 0 Å². The number of nitro groups is 1. The summed E-state index contributed by atoms with van der Waals surface area (Å²) in [5.74, 6) is -0.233. The van der Waals surface area contributed by atoms with Gasteiger partial charge in [0.15, 0.2) is 5.75 Å². The van der Waals surface area contributed by atoms with E-state index in [2.05, 4.69) is 11.2 Å². The van der Waals surface area contributed by atoms with Crippen molar-refractivity contribution in [1.82, 2.24) is 9.78 Å². The van der Waals surface area contributed by atoms with Gasteiger partial charge in [-0.25, -0.2) is 4.79 Å². The number of rotatable bonds is 5. The van der Waals surface area contributed by atoms with Gasteiger partial charge in [-0.1, -0.05) is 18.2 Å². The van der Waals surface area contributed by atoms with Gasteiger partial charge in [0.25, 0.3) is 0 Å². The molecule has 0 bridgehead atoms. The number of nitriles is 1. The summed E-state index contributed by atoms with van der Waals surface area (Å²) in [6, 6.07) is 14.2. The minimum Gasteiger partial charge on any atom is -0.496 e. The number of benzene rings is 2. The average molecular weight is 499 g/mol. The Morgan fingerprint density at radius 1 is 1.27 bits per heavy atom. The summed E-state index contributed by atoms with van der Waals surface area (Å²) in [6.45, 7) is 3.35. The van der Waals surface area contributed by atoms with Gasteiger partial charge in [0, 0.05) is 5.56 Å². The zero-order valence-electron chi connectivity index (χ0n) is 20.1. The van der Waals surface area contributed by atoms with Crippen LogP contribution < -0.4 is 20.8 Å². The van der Waals surface area contributed by atoms with Gasteiger partial charge in [0.1, 0.15) is 34.4 Å². The molecule has 11 heteroatoms. The van der Waals surface area contributed by atoms with Crippen LogP contribution in [0.5, 0.6) is 11.5 Å². The first-order valence-corrected chi connectivity index (χ1v) is 11.2. The SMILES string of the molecule is COc1ccc([C@@H]2C(C#N)=C(N)Oc3c2c(=O)oc2ccccc32)cc1Cn1nc(C)c([N+](=O)[O-])c1C. The normalized spacial score (nSPS) is 14.7. The van der Waals surface area contributed by atoms with E-state index in [-0.39, 0.29) is 35.0 Å². The quantitative estimate of drug-likeness (QED) is 0.245. The third-order valence-electron chi connectivity index (χ3n) is 6.46. The maximum atomic E-state index is 13.2. The Morgan fingerprint density at radius 2 is 2.03 bits per heavy atom. The van der Waals surface area contributed by atoms with Crippen molar-refractivity contribution < 1.29 is 18.8 Å². The van der Waals surface area contributed by atoms with Crippen LogP contribution in [0.3, 0.4) is 0 Å². The van der Waals surface area contributed by atoms with Crippen molar-refractivity contribution in [1.29, 1.82) is 5.26 Å². The second-order valence-electron chi connectivity index (χ2n) is 8.56. The van der Waals surface area contributed by atoms with Crippen molar-refractivity contribution in [2.45, 2.75) is 26.3 Å². The average Bonchev–Trinajstić information content (AvgIpc) is 3.15. The van der Waals surface area contributed by atoms with E-state index in [0.29, 0.717) is 39.2 Å². The van der Waals surface area contributed by atoms with Gasteiger partial charge < -0.3 is 19.6 Å². The van der Waals surface area contributed by atoms with Crippen LogP contribution in [0.4, 0.5) is 5.69 Å². The summed E-state index contributed by atoms with van der Waals surface area (Å²) >= 11 is 0. The van der Waals surface area contributed by atoms with Crippen LogP contribution in [0.1, 0.15) is 34.0 Å². The van der Waals surface area contributed by atoms with Crippen LogP contribution in [-0.4, -0.2) is 21.8 Å². The highest BCUT2D eigenvalue weighted by atomic mass is 16.6. The molecule has 0 amide bonds. The lowest BCUT2D eigenvalue weighted by Gasteiger charge is -2.26. The third-order valence-corrected chi connectivity index (χ3v) is 6.46. The lowest BCUT2D eigenvalue weighted by molar-refractivity contribution is -0.386. The van der Waals surface area contributed by atoms with Gasteiger partial charge in [-0.05, 0) is 43.7 Å². The van der Waals surface area contributed by atoms with Crippen LogP contribution in [0.25, 0.3) is 11.0 Å². The molecule has 1 atom stereocenters. The van der Waals surface area contributed by atoms with Gasteiger partial charge >= 0.3 is 11.3 Å². The maximum absolute atomic E-state index is 13.2. The highest BCUT2D eigenvalue weighted by Gasteiger charge is 2.36. The monoisotopic (exact) mass is 499 g/mol. The predicted molar refractivity (Wildman–Crippen MR) is 132 cm³/mol. The van der Waals surface area contributed by atoms with Crippen LogP contribution >= 0.6 is 0 Å². The maximum Gasteiger partial charge on any atom is 0.344 e. The fraction of sp³-hybridized carbons (Fsp3) is 0.192.